The topological polar surface area (TPSA) is 150 Å². The van der Waals surface area contributed by atoms with Gasteiger partial charge in [0.15, 0.2) is 17.5 Å². The molecule has 10 atom stereocenters. The van der Waals surface area contributed by atoms with Crippen LogP contribution >= 0.6 is 0 Å². The van der Waals surface area contributed by atoms with Crippen LogP contribution in [0.3, 0.4) is 0 Å². The molecule has 0 aromatic carbocycles. The Morgan fingerprint density at radius 3 is 2.45 bits per heavy atom. The highest BCUT2D eigenvalue weighted by molar-refractivity contribution is 5.97. The number of ketones is 1. The van der Waals surface area contributed by atoms with Crippen LogP contribution in [0, 0.1) is 39.9 Å². The van der Waals surface area contributed by atoms with Crippen molar-refractivity contribution in [3.8, 4) is 0 Å². The van der Waals surface area contributed by atoms with E-state index in [1.165, 1.54) is 6.26 Å². The number of cyclic esters (lactones) is 1. The van der Waals surface area contributed by atoms with Gasteiger partial charge in [0.2, 0.25) is 0 Å². The first-order valence-corrected chi connectivity index (χ1v) is 14.7. The van der Waals surface area contributed by atoms with E-state index in [0.29, 0.717) is 12.8 Å². The van der Waals surface area contributed by atoms with Crippen LogP contribution in [0.2, 0.25) is 0 Å². The van der Waals surface area contributed by atoms with Crippen LogP contribution in [0.4, 0.5) is 0 Å². The van der Waals surface area contributed by atoms with E-state index in [0.717, 1.165) is 12.7 Å². The first-order valence-electron chi connectivity index (χ1n) is 14.7. The largest absolute Gasteiger partial charge is 0.472 e. The number of carbonyl (C=O) groups excluding carboxylic acids is 4. The zero-order chi connectivity index (χ0) is 31.0. The Labute approximate surface area is 245 Å². The van der Waals surface area contributed by atoms with Crippen molar-refractivity contribution < 1.29 is 48.0 Å². The molecule has 2 bridgehead atoms. The summed E-state index contributed by atoms with van der Waals surface area (Å²) in [5.41, 5.74) is -4.27. The zero-order valence-corrected chi connectivity index (χ0v) is 25.3. The smallest absolute Gasteiger partial charge is 0.335 e. The lowest BCUT2D eigenvalue weighted by Crippen LogP contribution is -2.78. The normalized spacial score (nSPS) is 41.6. The van der Waals surface area contributed by atoms with Crippen molar-refractivity contribution in [1.82, 2.24) is 0 Å². The molecule has 2 N–H and O–H groups in total. The van der Waals surface area contributed by atoms with Gasteiger partial charge in [-0.05, 0) is 56.9 Å². The summed E-state index contributed by atoms with van der Waals surface area (Å²) < 4.78 is 22.1. The lowest BCUT2D eigenvalue weighted by atomic mass is 9.36. The Balaban J connectivity index is 1.68. The van der Waals surface area contributed by atoms with Crippen molar-refractivity contribution in [2.24, 2.45) is 39.9 Å². The quantitative estimate of drug-likeness (QED) is 0.297. The van der Waals surface area contributed by atoms with E-state index >= 15 is 0 Å². The fraction of sp³-hybridized carbons (Fsp3) is 0.688. The van der Waals surface area contributed by atoms with E-state index in [4.69, 9.17) is 18.6 Å². The second-order valence-electron chi connectivity index (χ2n) is 13.8. The van der Waals surface area contributed by atoms with E-state index in [2.05, 4.69) is 6.92 Å². The molecular weight excluding hydrogens is 544 g/mol. The monoisotopic (exact) mass is 586 g/mol. The molecule has 0 spiro atoms. The highest BCUT2D eigenvalue weighted by Gasteiger charge is 2.77. The maximum atomic E-state index is 14.6. The molecule has 10 nitrogen and oxygen atoms in total. The summed E-state index contributed by atoms with van der Waals surface area (Å²) in [7, 11) is 1.16. The van der Waals surface area contributed by atoms with Crippen LogP contribution in [0.5, 0.6) is 0 Å². The van der Waals surface area contributed by atoms with E-state index in [1.54, 1.807) is 53.0 Å². The predicted octanol–water partition coefficient (Wildman–Crippen LogP) is 3.69. The van der Waals surface area contributed by atoms with Crippen LogP contribution in [0.15, 0.2) is 34.7 Å². The maximum Gasteiger partial charge on any atom is 0.335 e. The predicted molar refractivity (Wildman–Crippen MR) is 147 cm³/mol. The van der Waals surface area contributed by atoms with Gasteiger partial charge in [0, 0.05) is 39.7 Å². The number of furan rings is 1. The van der Waals surface area contributed by atoms with E-state index in [9.17, 15) is 29.4 Å². The standard InChI is InChI=1S/C32H42O10/c1-8-16(2)25(35)42-28-29(3,4)23(22(34)26(36)39-7)31(6)19-9-11-30(5)20(18(19)14-32(28,38)27(31)37)13-21(33)41-24(30)17-10-12-40-15-17/h8,10,12,15,18-20,22-24,28,34,38H,9,11,13-14H2,1-7H3/t18-,19+,20+,22-,23+,24+,28+,30-,31-,32+/m1/s1. The van der Waals surface area contributed by atoms with Crippen LogP contribution in [-0.4, -0.2) is 58.8 Å². The van der Waals surface area contributed by atoms with Gasteiger partial charge >= 0.3 is 17.9 Å². The Morgan fingerprint density at radius 2 is 1.86 bits per heavy atom. The Bertz CT molecular complexity index is 1310. The number of carbonyl (C=O) groups is 4. The number of methoxy groups -OCH3 is 1. The second kappa shape index (κ2) is 10.0. The maximum absolute atomic E-state index is 14.6. The second-order valence-corrected chi connectivity index (χ2v) is 13.8. The van der Waals surface area contributed by atoms with Gasteiger partial charge in [0.05, 0.1) is 19.6 Å². The van der Waals surface area contributed by atoms with Gasteiger partial charge in [-0.3, -0.25) is 9.59 Å². The Kier molecular flexibility index (Phi) is 7.29. The molecule has 1 saturated heterocycles. The summed E-state index contributed by atoms with van der Waals surface area (Å²) in [6.45, 7) is 10.4. The number of esters is 3. The molecule has 4 fully saturated rings. The van der Waals surface area contributed by atoms with Crippen molar-refractivity contribution in [3.05, 3.63) is 35.8 Å². The fourth-order valence-electron chi connectivity index (χ4n) is 9.54. The highest BCUT2D eigenvalue weighted by atomic mass is 16.6. The molecule has 10 heteroatoms. The number of aliphatic hydroxyl groups is 2. The van der Waals surface area contributed by atoms with E-state index in [1.807, 2.05) is 0 Å². The molecule has 230 valence electrons. The first-order chi connectivity index (χ1) is 19.6. The number of hydrogen-bond donors (Lipinski definition) is 2. The molecule has 4 aliphatic rings. The molecule has 0 radical (unpaired) electrons. The summed E-state index contributed by atoms with van der Waals surface area (Å²) in [6.07, 6.45) is 2.16. The zero-order valence-electron chi connectivity index (χ0n) is 25.3. The minimum atomic E-state index is -2.12. The number of rotatable bonds is 5. The summed E-state index contributed by atoms with van der Waals surface area (Å²) in [5.74, 6) is -4.69. The number of aliphatic hydroxyl groups excluding tert-OH is 1. The highest BCUT2D eigenvalue weighted by Crippen LogP contribution is 2.70. The number of fused-ring (bicyclic) bond motifs is 6. The molecule has 3 saturated carbocycles. The molecule has 0 amide bonds. The molecule has 1 aromatic heterocycles. The van der Waals surface area contributed by atoms with Crippen molar-refractivity contribution in [2.75, 3.05) is 7.11 Å². The lowest BCUT2D eigenvalue weighted by molar-refractivity contribution is -0.274. The minimum Gasteiger partial charge on any atom is -0.472 e. The fourth-order valence-corrected chi connectivity index (χ4v) is 9.54. The van der Waals surface area contributed by atoms with Crippen molar-refractivity contribution in [1.29, 1.82) is 0 Å². The van der Waals surface area contributed by atoms with Crippen LogP contribution in [0.1, 0.15) is 78.9 Å². The van der Waals surface area contributed by atoms with E-state index in [-0.39, 0.29) is 42.1 Å². The van der Waals surface area contributed by atoms with Gasteiger partial charge in [0.25, 0.3) is 0 Å². The average Bonchev–Trinajstić information content (AvgIpc) is 3.47. The molecule has 1 aromatic rings. The summed E-state index contributed by atoms with van der Waals surface area (Å²) in [4.78, 5) is 53.7. The van der Waals surface area contributed by atoms with Crippen molar-refractivity contribution in [2.45, 2.75) is 91.1 Å². The third-order valence-corrected chi connectivity index (χ3v) is 11.5. The van der Waals surface area contributed by atoms with Crippen molar-refractivity contribution in [3.63, 3.8) is 0 Å². The molecule has 0 unspecified atom stereocenters. The molecule has 42 heavy (non-hydrogen) atoms. The summed E-state index contributed by atoms with van der Waals surface area (Å²) >= 11 is 0. The number of hydrogen-bond acceptors (Lipinski definition) is 10. The molecule has 3 aliphatic carbocycles. The molecular formula is C32H42O10. The summed E-state index contributed by atoms with van der Waals surface area (Å²) in [5, 5.41) is 24.0. The molecule has 2 heterocycles. The van der Waals surface area contributed by atoms with Crippen LogP contribution in [-0.2, 0) is 33.4 Å². The third kappa shape index (κ3) is 4.04. The van der Waals surface area contributed by atoms with Crippen molar-refractivity contribution >= 4 is 23.7 Å². The Morgan fingerprint density at radius 1 is 1.17 bits per heavy atom. The van der Waals surface area contributed by atoms with Crippen LogP contribution in [0.25, 0.3) is 0 Å². The minimum absolute atomic E-state index is 0.0327. The van der Waals surface area contributed by atoms with Crippen LogP contribution < -0.4 is 0 Å². The number of ether oxygens (including phenoxy) is 3. The molecule has 5 rings (SSSR count). The van der Waals surface area contributed by atoms with E-state index < -0.39 is 63.8 Å². The van der Waals surface area contributed by atoms with Gasteiger partial charge in [0.1, 0.15) is 12.2 Å². The third-order valence-electron chi connectivity index (χ3n) is 11.5. The average molecular weight is 587 g/mol. The lowest BCUT2D eigenvalue weighted by Gasteiger charge is -2.69. The van der Waals surface area contributed by atoms with Gasteiger partial charge in [-0.15, -0.1) is 0 Å². The van der Waals surface area contributed by atoms with Gasteiger partial charge in [-0.1, -0.05) is 33.8 Å². The Hall–Kier alpha value is -2.98. The molecule has 1 aliphatic heterocycles. The van der Waals surface area contributed by atoms with Gasteiger partial charge < -0.3 is 28.8 Å². The first kappa shape index (κ1) is 30.5. The number of allylic oxidation sites excluding steroid dienone is 1. The van der Waals surface area contributed by atoms with Gasteiger partial charge in [-0.2, -0.15) is 0 Å². The van der Waals surface area contributed by atoms with Gasteiger partial charge in [-0.25, -0.2) is 9.59 Å². The number of Topliss-reactive ketones (excluding diaryl/α,β-unsaturated/α-hetero) is 1. The SMILES string of the molecule is CC=C(C)C(=O)O[C@H]1C(C)(C)[C@H]([C@@H](O)C(=O)OC)[C@]2(C)C(=O)[C@@]1(O)C[C@H]1[C@@H]3CC(=O)O[C@@H](c4ccoc4)[C@]3(C)CC[C@@H]12. The summed E-state index contributed by atoms with van der Waals surface area (Å²) in [6, 6.07) is 1.77.